The fraction of sp³-hybridized carbons (Fsp3) is 0.417. The molecule has 4 aromatic heterocycles. The minimum atomic E-state index is -0.698. The Bertz CT molecular complexity index is 2860. The summed E-state index contributed by atoms with van der Waals surface area (Å²) in [5.41, 5.74) is 6.64. The number of likely N-dealkylation sites (tertiary alicyclic amines) is 2. The fourth-order valence-corrected chi connectivity index (χ4v) is 11.4. The summed E-state index contributed by atoms with van der Waals surface area (Å²) in [4.78, 5) is 73.8. The number of methoxy groups -OCH3 is 2. The normalized spacial score (nSPS) is 22.3. The monoisotopic (exact) mass is 897 g/mol. The van der Waals surface area contributed by atoms with Crippen molar-refractivity contribution in [2.45, 2.75) is 88.7 Å². The maximum absolute atomic E-state index is 14.0. The molecule has 336 valence electrons. The van der Waals surface area contributed by atoms with Crippen molar-refractivity contribution in [3.8, 4) is 39.5 Å². The zero-order valence-electron chi connectivity index (χ0n) is 36.6. The van der Waals surface area contributed by atoms with Gasteiger partial charge in [-0.3, -0.25) is 14.2 Å². The van der Waals surface area contributed by atoms with Crippen LogP contribution in [-0.2, 0) is 19.1 Å². The Hall–Kier alpha value is -6.62. The zero-order chi connectivity index (χ0) is 44.7. The summed E-state index contributed by atoms with van der Waals surface area (Å²) in [5, 5.41) is 6.31. The van der Waals surface area contributed by atoms with Crippen molar-refractivity contribution in [3.05, 3.63) is 88.4 Å². The van der Waals surface area contributed by atoms with E-state index in [0.29, 0.717) is 24.2 Å². The number of hydrogen-bond donors (Lipinski definition) is 4. The van der Waals surface area contributed by atoms with Crippen LogP contribution in [0.4, 0.5) is 9.59 Å². The third-order valence-electron chi connectivity index (χ3n) is 13.8. The highest BCUT2D eigenvalue weighted by atomic mass is 32.1. The van der Waals surface area contributed by atoms with Crippen LogP contribution in [0.25, 0.3) is 44.7 Å². The first-order valence-electron chi connectivity index (χ1n) is 22.5. The van der Waals surface area contributed by atoms with E-state index in [-0.39, 0.29) is 48.6 Å². The van der Waals surface area contributed by atoms with Crippen LogP contribution >= 0.6 is 11.3 Å². The van der Waals surface area contributed by atoms with Crippen molar-refractivity contribution in [1.82, 2.24) is 44.9 Å². The molecule has 0 radical (unpaired) electrons. The number of benzene rings is 2. The van der Waals surface area contributed by atoms with E-state index in [2.05, 4.69) is 84.5 Å². The quantitative estimate of drug-likeness (QED) is 0.0998. The van der Waals surface area contributed by atoms with Gasteiger partial charge >= 0.3 is 12.2 Å². The van der Waals surface area contributed by atoms with Crippen molar-refractivity contribution >= 4 is 46.2 Å². The molecule has 3 aliphatic heterocycles. The number of carbonyl (C=O) groups excluding carboxylic acids is 4. The summed E-state index contributed by atoms with van der Waals surface area (Å²) < 4.78 is 18.8. The fourth-order valence-electron chi connectivity index (χ4n) is 10.2. The number of rotatable bonds is 11. The van der Waals surface area contributed by atoms with Crippen LogP contribution in [0.1, 0.15) is 98.0 Å². The first kappa shape index (κ1) is 41.1. The van der Waals surface area contributed by atoms with Crippen LogP contribution in [0.5, 0.6) is 5.75 Å². The van der Waals surface area contributed by atoms with Gasteiger partial charge in [-0.05, 0) is 98.7 Å². The standard InChI is InChI=1S/C48H51N9O7S/c1-24(2)42(54-48(61)63-4)45(59)56-35-17-29(35)19-37(56)44-50-21-31(53-44)26-10-12-33-28(16-26)18-36-30-11-9-27(20-38(30)64-46(57(33)36)40-14-13-39(65-40)25-7-8-25)32-22-49-43(52-32)34-6-5-15-55(34)41(58)23-51-47(60)62-3/h9-14,16,18,20-22,24-25,29,34-35,37,42,46H,5-8,15,17,19,23H2,1-4H3,(H,49,52)(H,50,53)(H,51,60)(H,54,61)/t29-,34+,35-,37+,42+,46?/m1/s1. The highest BCUT2D eigenvalue weighted by Gasteiger charge is 2.56. The van der Waals surface area contributed by atoms with Gasteiger partial charge in [0, 0.05) is 39.5 Å². The Morgan fingerprint density at radius 3 is 2.32 bits per heavy atom. The lowest BCUT2D eigenvalue weighted by Gasteiger charge is -2.31. The van der Waals surface area contributed by atoms with Crippen molar-refractivity contribution in [3.63, 3.8) is 0 Å². The molecule has 4 N–H and O–H groups in total. The molecule has 0 bridgehead atoms. The number of imidazole rings is 2. The van der Waals surface area contributed by atoms with E-state index in [1.165, 1.54) is 31.9 Å². The van der Waals surface area contributed by atoms with Gasteiger partial charge in [0.1, 0.15) is 30.0 Å². The molecule has 5 aliphatic rings. The van der Waals surface area contributed by atoms with Crippen LogP contribution in [-0.4, -0.2) is 97.7 Å². The van der Waals surface area contributed by atoms with E-state index in [9.17, 15) is 19.2 Å². The van der Waals surface area contributed by atoms with E-state index in [1.807, 2.05) is 36.3 Å². The largest absolute Gasteiger partial charge is 0.464 e. The van der Waals surface area contributed by atoms with Gasteiger partial charge in [-0.25, -0.2) is 19.6 Å². The van der Waals surface area contributed by atoms with Gasteiger partial charge in [-0.2, -0.15) is 0 Å². The molecule has 6 aromatic rings. The molecule has 2 aliphatic carbocycles. The number of ether oxygens (including phenoxy) is 3. The second-order valence-electron chi connectivity index (χ2n) is 18.2. The molecular formula is C48H51N9O7S. The minimum absolute atomic E-state index is 0.107. The molecule has 0 spiro atoms. The molecular weight excluding hydrogens is 847 g/mol. The molecule has 4 fully saturated rings. The molecule has 2 saturated carbocycles. The number of hydrogen-bond acceptors (Lipinski definition) is 10. The summed E-state index contributed by atoms with van der Waals surface area (Å²) >= 11 is 1.82. The van der Waals surface area contributed by atoms with E-state index in [1.54, 1.807) is 11.1 Å². The SMILES string of the molecule is COC(=O)NCC(=O)N1CCC[C@H]1c1ncc(-c2ccc3c(c2)OC(c2ccc(C4CC4)s2)n2c-3cc3cc(-c4cnc([C@@H]5C[C@H]6C[C@H]6N5C(=O)[C@@H](NC(=O)OC)C(C)C)[nH]4)ccc32)[nH]1. The third-order valence-corrected chi connectivity index (χ3v) is 15.1. The second kappa shape index (κ2) is 16.1. The number of carbonyl (C=O) groups is 4. The summed E-state index contributed by atoms with van der Waals surface area (Å²) in [6.45, 7) is 4.29. The van der Waals surface area contributed by atoms with E-state index < -0.39 is 18.2 Å². The number of thiophene rings is 1. The first-order valence-corrected chi connectivity index (χ1v) is 23.3. The maximum atomic E-state index is 14.0. The van der Waals surface area contributed by atoms with Gasteiger partial charge in [0.25, 0.3) is 0 Å². The summed E-state index contributed by atoms with van der Waals surface area (Å²) in [7, 11) is 2.58. The van der Waals surface area contributed by atoms with Crippen molar-refractivity contribution < 1.29 is 33.4 Å². The average molecular weight is 898 g/mol. The summed E-state index contributed by atoms with van der Waals surface area (Å²) in [6, 6.07) is 18.4. The lowest BCUT2D eigenvalue weighted by Crippen LogP contribution is -2.52. The van der Waals surface area contributed by atoms with Crippen LogP contribution < -0.4 is 15.4 Å². The first-order chi connectivity index (χ1) is 31.6. The number of aromatic amines is 2. The Morgan fingerprint density at radius 2 is 1.58 bits per heavy atom. The van der Waals surface area contributed by atoms with Gasteiger partial charge in [-0.15, -0.1) is 11.3 Å². The van der Waals surface area contributed by atoms with Crippen LogP contribution in [0.15, 0.2) is 67.0 Å². The number of fused-ring (bicyclic) bond motifs is 6. The predicted molar refractivity (Wildman–Crippen MR) is 242 cm³/mol. The van der Waals surface area contributed by atoms with E-state index in [4.69, 9.17) is 19.4 Å². The number of aromatic nitrogens is 5. The number of nitrogens with one attached hydrogen (secondary N) is 4. The molecule has 6 atom stereocenters. The van der Waals surface area contributed by atoms with Gasteiger partial charge in [-0.1, -0.05) is 26.0 Å². The average Bonchev–Trinajstić information content (AvgIpc) is 3.80. The predicted octanol–water partition coefficient (Wildman–Crippen LogP) is 8.03. The molecule has 7 heterocycles. The highest BCUT2D eigenvalue weighted by molar-refractivity contribution is 7.12. The van der Waals surface area contributed by atoms with Crippen LogP contribution in [0.2, 0.25) is 0 Å². The smallest absolute Gasteiger partial charge is 0.407 e. The van der Waals surface area contributed by atoms with Gasteiger partial charge < -0.3 is 44.6 Å². The molecule has 2 aromatic carbocycles. The molecule has 16 nitrogen and oxygen atoms in total. The maximum Gasteiger partial charge on any atom is 0.407 e. The molecule has 2 saturated heterocycles. The highest BCUT2D eigenvalue weighted by Crippen LogP contribution is 2.54. The number of amides is 4. The molecule has 65 heavy (non-hydrogen) atoms. The summed E-state index contributed by atoms with van der Waals surface area (Å²) in [6.07, 6.45) is 7.84. The van der Waals surface area contributed by atoms with E-state index in [0.717, 1.165) is 86.8 Å². The number of piperidine rings is 1. The Balaban J connectivity index is 0.894. The number of H-pyrrole nitrogens is 2. The van der Waals surface area contributed by atoms with Gasteiger partial charge in [0.15, 0.2) is 0 Å². The lowest BCUT2D eigenvalue weighted by atomic mass is 10.0. The van der Waals surface area contributed by atoms with Crippen molar-refractivity contribution in [2.24, 2.45) is 11.8 Å². The lowest BCUT2D eigenvalue weighted by molar-refractivity contribution is -0.136. The summed E-state index contributed by atoms with van der Waals surface area (Å²) in [5.74, 6) is 2.84. The van der Waals surface area contributed by atoms with Gasteiger partial charge in [0.05, 0.1) is 66.2 Å². The van der Waals surface area contributed by atoms with Gasteiger partial charge in [0.2, 0.25) is 18.0 Å². The van der Waals surface area contributed by atoms with Crippen LogP contribution in [0.3, 0.4) is 0 Å². The number of alkyl carbamates (subject to hydrolysis) is 2. The molecule has 17 heteroatoms. The topological polar surface area (TPSA) is 189 Å². The Kier molecular flexibility index (Phi) is 10.2. The Labute approximate surface area is 379 Å². The van der Waals surface area contributed by atoms with Crippen LogP contribution in [0, 0.1) is 11.8 Å². The third kappa shape index (κ3) is 7.38. The minimum Gasteiger partial charge on any atom is -0.464 e. The molecule has 11 rings (SSSR count). The number of nitrogens with zero attached hydrogens (tertiary/aromatic N) is 5. The second-order valence-corrected chi connectivity index (χ2v) is 19.4. The Morgan fingerprint density at radius 1 is 0.862 bits per heavy atom. The van der Waals surface area contributed by atoms with E-state index >= 15 is 0 Å². The molecule has 1 unspecified atom stereocenters. The van der Waals surface area contributed by atoms with Crippen molar-refractivity contribution in [2.75, 3.05) is 27.3 Å². The van der Waals surface area contributed by atoms with Crippen molar-refractivity contribution in [1.29, 1.82) is 0 Å². The molecule has 4 amide bonds. The zero-order valence-corrected chi connectivity index (χ0v) is 37.4.